The molecule has 3 heteroatoms. The summed E-state index contributed by atoms with van der Waals surface area (Å²) in [5.41, 5.74) is 2.02. The molecule has 1 aromatic rings. The standard InChI is InChI=1S/C13H18FNO/c1-3-6-15(7-8-16)10-12-9-13(14)5-4-11(12)2/h3-5,9,16H,1,6-8,10H2,2H3. The first-order valence-corrected chi connectivity index (χ1v) is 5.36. The minimum Gasteiger partial charge on any atom is -0.395 e. The summed E-state index contributed by atoms with van der Waals surface area (Å²) in [4.78, 5) is 2.02. The molecule has 0 bridgehead atoms. The molecule has 2 nitrogen and oxygen atoms in total. The van der Waals surface area contributed by atoms with E-state index in [4.69, 9.17) is 5.11 Å². The summed E-state index contributed by atoms with van der Waals surface area (Å²) < 4.78 is 13.1. The van der Waals surface area contributed by atoms with Crippen LogP contribution in [0.3, 0.4) is 0 Å². The first kappa shape index (κ1) is 12.9. The van der Waals surface area contributed by atoms with Crippen molar-refractivity contribution < 1.29 is 9.50 Å². The van der Waals surface area contributed by atoms with Crippen molar-refractivity contribution in [2.75, 3.05) is 19.7 Å². The normalized spacial score (nSPS) is 10.8. The first-order chi connectivity index (χ1) is 7.67. The highest BCUT2D eigenvalue weighted by molar-refractivity contribution is 5.26. The fourth-order valence-electron chi connectivity index (χ4n) is 1.61. The quantitative estimate of drug-likeness (QED) is 0.747. The van der Waals surface area contributed by atoms with Gasteiger partial charge in [-0.2, -0.15) is 0 Å². The third kappa shape index (κ3) is 3.76. The number of hydrogen-bond acceptors (Lipinski definition) is 2. The molecule has 88 valence electrons. The van der Waals surface area contributed by atoms with Crippen LogP contribution in [-0.2, 0) is 6.54 Å². The van der Waals surface area contributed by atoms with Crippen LogP contribution in [0.15, 0.2) is 30.9 Å². The molecule has 0 unspecified atom stereocenters. The molecule has 1 N–H and O–H groups in total. The van der Waals surface area contributed by atoms with Crippen molar-refractivity contribution >= 4 is 0 Å². The molecule has 0 radical (unpaired) electrons. The average molecular weight is 223 g/mol. The van der Waals surface area contributed by atoms with Crippen molar-refractivity contribution in [1.82, 2.24) is 4.90 Å². The molecule has 0 amide bonds. The van der Waals surface area contributed by atoms with Crippen LogP contribution in [0, 0.1) is 12.7 Å². The van der Waals surface area contributed by atoms with Crippen molar-refractivity contribution in [3.05, 3.63) is 47.8 Å². The second-order valence-electron chi connectivity index (χ2n) is 3.82. The van der Waals surface area contributed by atoms with Crippen LogP contribution in [-0.4, -0.2) is 29.7 Å². The lowest BCUT2D eigenvalue weighted by molar-refractivity contribution is 0.203. The van der Waals surface area contributed by atoms with E-state index in [0.29, 0.717) is 19.6 Å². The maximum Gasteiger partial charge on any atom is 0.123 e. The molecular formula is C13H18FNO. The Morgan fingerprint density at radius 3 is 2.88 bits per heavy atom. The van der Waals surface area contributed by atoms with Crippen molar-refractivity contribution in [3.8, 4) is 0 Å². The monoisotopic (exact) mass is 223 g/mol. The number of nitrogens with zero attached hydrogens (tertiary/aromatic N) is 1. The first-order valence-electron chi connectivity index (χ1n) is 5.36. The SMILES string of the molecule is C=CCN(CCO)Cc1cc(F)ccc1C. The number of aliphatic hydroxyl groups is 1. The highest BCUT2D eigenvalue weighted by atomic mass is 19.1. The van der Waals surface area contributed by atoms with E-state index in [1.54, 1.807) is 18.2 Å². The summed E-state index contributed by atoms with van der Waals surface area (Å²) in [5, 5.41) is 8.92. The van der Waals surface area contributed by atoms with E-state index in [9.17, 15) is 4.39 Å². The van der Waals surface area contributed by atoms with Crippen LogP contribution in [0.5, 0.6) is 0 Å². The van der Waals surface area contributed by atoms with E-state index < -0.39 is 0 Å². The fraction of sp³-hybridized carbons (Fsp3) is 0.385. The zero-order valence-corrected chi connectivity index (χ0v) is 9.62. The van der Waals surface area contributed by atoms with Gasteiger partial charge in [0.1, 0.15) is 5.82 Å². The van der Waals surface area contributed by atoms with E-state index >= 15 is 0 Å². The molecule has 0 spiro atoms. The lowest BCUT2D eigenvalue weighted by Gasteiger charge is -2.20. The van der Waals surface area contributed by atoms with E-state index in [-0.39, 0.29) is 12.4 Å². The molecule has 0 aromatic heterocycles. The maximum absolute atomic E-state index is 13.1. The number of rotatable bonds is 6. The number of halogens is 1. The van der Waals surface area contributed by atoms with Gasteiger partial charge in [0.15, 0.2) is 0 Å². The number of hydrogen-bond donors (Lipinski definition) is 1. The van der Waals surface area contributed by atoms with Crippen molar-refractivity contribution in [1.29, 1.82) is 0 Å². The molecule has 1 aromatic carbocycles. The van der Waals surface area contributed by atoms with Gasteiger partial charge in [-0.05, 0) is 30.2 Å². The Morgan fingerprint density at radius 2 is 2.25 bits per heavy atom. The molecule has 0 atom stereocenters. The van der Waals surface area contributed by atoms with Gasteiger partial charge in [0.2, 0.25) is 0 Å². The van der Waals surface area contributed by atoms with Gasteiger partial charge in [-0.25, -0.2) is 4.39 Å². The van der Waals surface area contributed by atoms with Gasteiger partial charge in [0, 0.05) is 19.6 Å². The Balaban J connectivity index is 2.75. The van der Waals surface area contributed by atoms with Gasteiger partial charge < -0.3 is 5.11 Å². The predicted molar refractivity (Wildman–Crippen MR) is 63.7 cm³/mol. The summed E-state index contributed by atoms with van der Waals surface area (Å²) >= 11 is 0. The number of benzene rings is 1. The second kappa shape index (κ2) is 6.40. The highest BCUT2D eigenvalue weighted by Gasteiger charge is 2.06. The van der Waals surface area contributed by atoms with E-state index in [2.05, 4.69) is 6.58 Å². The average Bonchev–Trinajstić information content (AvgIpc) is 2.24. The van der Waals surface area contributed by atoms with E-state index in [1.807, 2.05) is 11.8 Å². The molecule has 0 aliphatic heterocycles. The van der Waals surface area contributed by atoms with E-state index in [0.717, 1.165) is 11.1 Å². The highest BCUT2D eigenvalue weighted by Crippen LogP contribution is 2.12. The zero-order valence-electron chi connectivity index (χ0n) is 9.62. The van der Waals surface area contributed by atoms with Crippen molar-refractivity contribution in [2.45, 2.75) is 13.5 Å². The van der Waals surface area contributed by atoms with Crippen LogP contribution in [0.25, 0.3) is 0 Å². The van der Waals surface area contributed by atoms with Crippen LogP contribution in [0.2, 0.25) is 0 Å². The minimum absolute atomic E-state index is 0.0994. The largest absolute Gasteiger partial charge is 0.395 e. The Hall–Kier alpha value is -1.19. The Kier molecular flexibility index (Phi) is 5.15. The minimum atomic E-state index is -0.219. The van der Waals surface area contributed by atoms with Crippen LogP contribution in [0.1, 0.15) is 11.1 Å². The number of aryl methyl sites for hydroxylation is 1. The summed E-state index contributed by atoms with van der Waals surface area (Å²) in [6.07, 6.45) is 1.78. The maximum atomic E-state index is 13.1. The second-order valence-corrected chi connectivity index (χ2v) is 3.82. The summed E-state index contributed by atoms with van der Waals surface area (Å²) in [6, 6.07) is 4.78. The Labute approximate surface area is 96.0 Å². The fourth-order valence-corrected chi connectivity index (χ4v) is 1.61. The summed E-state index contributed by atoms with van der Waals surface area (Å²) in [7, 11) is 0. The van der Waals surface area contributed by atoms with Gasteiger partial charge in [0.05, 0.1) is 6.61 Å². The van der Waals surface area contributed by atoms with Gasteiger partial charge in [-0.15, -0.1) is 6.58 Å². The molecule has 0 saturated heterocycles. The van der Waals surface area contributed by atoms with Gasteiger partial charge >= 0.3 is 0 Å². The summed E-state index contributed by atoms with van der Waals surface area (Å²) in [6.45, 7) is 7.62. The molecule has 0 fully saturated rings. The molecule has 0 saturated carbocycles. The molecule has 0 aliphatic carbocycles. The van der Waals surface area contributed by atoms with Gasteiger partial charge in [-0.3, -0.25) is 4.90 Å². The van der Waals surface area contributed by atoms with Crippen molar-refractivity contribution in [2.24, 2.45) is 0 Å². The molecule has 16 heavy (non-hydrogen) atoms. The third-order valence-electron chi connectivity index (χ3n) is 2.51. The van der Waals surface area contributed by atoms with Gasteiger partial charge in [-0.1, -0.05) is 12.1 Å². The molecule has 0 aliphatic rings. The third-order valence-corrected chi connectivity index (χ3v) is 2.51. The molecule has 0 heterocycles. The van der Waals surface area contributed by atoms with Crippen molar-refractivity contribution in [3.63, 3.8) is 0 Å². The lowest BCUT2D eigenvalue weighted by Crippen LogP contribution is -2.26. The zero-order chi connectivity index (χ0) is 12.0. The Bertz CT molecular complexity index is 352. The van der Waals surface area contributed by atoms with E-state index in [1.165, 1.54) is 6.07 Å². The smallest absolute Gasteiger partial charge is 0.123 e. The topological polar surface area (TPSA) is 23.5 Å². The number of aliphatic hydroxyl groups excluding tert-OH is 1. The van der Waals surface area contributed by atoms with Crippen LogP contribution < -0.4 is 0 Å². The van der Waals surface area contributed by atoms with Crippen LogP contribution in [0.4, 0.5) is 4.39 Å². The summed E-state index contributed by atoms with van der Waals surface area (Å²) in [5.74, 6) is -0.219. The molecule has 1 rings (SSSR count). The van der Waals surface area contributed by atoms with Gasteiger partial charge in [0.25, 0.3) is 0 Å². The lowest BCUT2D eigenvalue weighted by atomic mass is 10.1. The Morgan fingerprint density at radius 1 is 1.50 bits per heavy atom. The molecular weight excluding hydrogens is 205 g/mol. The predicted octanol–water partition coefficient (Wildman–Crippen LogP) is 2.11. The van der Waals surface area contributed by atoms with Crippen LogP contribution >= 0.6 is 0 Å².